The maximum absolute atomic E-state index is 13.1. The van der Waals surface area contributed by atoms with Crippen LogP contribution >= 0.6 is 11.6 Å². The van der Waals surface area contributed by atoms with Crippen LogP contribution in [-0.4, -0.2) is 47.6 Å². The summed E-state index contributed by atoms with van der Waals surface area (Å²) in [6, 6.07) is 15.0. The van der Waals surface area contributed by atoms with Crippen molar-refractivity contribution < 1.29 is 4.39 Å². The lowest BCUT2D eigenvalue weighted by Gasteiger charge is -2.61. The Morgan fingerprint density at radius 2 is 1.89 bits per heavy atom. The van der Waals surface area contributed by atoms with E-state index in [0.717, 1.165) is 78.6 Å². The van der Waals surface area contributed by atoms with Gasteiger partial charge in [0.1, 0.15) is 11.6 Å². The van der Waals surface area contributed by atoms with Crippen LogP contribution in [0.25, 0.3) is 10.9 Å². The Kier molecular flexibility index (Phi) is 5.66. The van der Waals surface area contributed by atoms with E-state index in [9.17, 15) is 4.39 Å². The lowest BCUT2D eigenvalue weighted by Crippen LogP contribution is -2.72. The highest BCUT2D eigenvalue weighted by atomic mass is 35.5. The molecule has 1 spiro atoms. The molecule has 5 nitrogen and oxygen atoms in total. The van der Waals surface area contributed by atoms with Gasteiger partial charge in [-0.15, -0.1) is 0 Å². The molecule has 6 rings (SSSR count). The molecule has 35 heavy (non-hydrogen) atoms. The highest BCUT2D eigenvalue weighted by Crippen LogP contribution is 2.43. The van der Waals surface area contributed by atoms with Gasteiger partial charge in [0.05, 0.1) is 5.02 Å². The number of aromatic amines is 1. The van der Waals surface area contributed by atoms with Crippen LogP contribution in [-0.2, 0) is 6.42 Å². The zero-order valence-corrected chi connectivity index (χ0v) is 20.6. The number of halogens is 2. The van der Waals surface area contributed by atoms with Gasteiger partial charge in [-0.1, -0.05) is 23.7 Å². The summed E-state index contributed by atoms with van der Waals surface area (Å²) in [6.45, 7) is 7.74. The number of fused-ring (bicyclic) bond motifs is 1. The molecule has 2 aliphatic rings. The van der Waals surface area contributed by atoms with Gasteiger partial charge in [0.25, 0.3) is 0 Å². The molecule has 0 amide bonds. The van der Waals surface area contributed by atoms with Gasteiger partial charge in [0.2, 0.25) is 0 Å². The number of likely N-dealkylation sites (tertiary alicyclic amines) is 1. The van der Waals surface area contributed by atoms with E-state index < -0.39 is 0 Å². The molecule has 7 heteroatoms. The van der Waals surface area contributed by atoms with E-state index in [1.807, 2.05) is 36.7 Å². The van der Waals surface area contributed by atoms with E-state index in [4.69, 9.17) is 11.6 Å². The normalized spacial score (nSPS) is 16.9. The lowest BCUT2D eigenvalue weighted by atomic mass is 9.72. The number of H-pyrrole nitrogens is 1. The van der Waals surface area contributed by atoms with Gasteiger partial charge in [0, 0.05) is 71.8 Å². The van der Waals surface area contributed by atoms with Crippen LogP contribution in [0, 0.1) is 18.2 Å². The molecule has 4 heterocycles. The van der Waals surface area contributed by atoms with Gasteiger partial charge < -0.3 is 20.1 Å². The lowest BCUT2D eigenvalue weighted by molar-refractivity contribution is -0.0219. The summed E-state index contributed by atoms with van der Waals surface area (Å²) >= 11 is 6.45. The largest absolute Gasteiger partial charge is 0.370 e. The van der Waals surface area contributed by atoms with Crippen molar-refractivity contribution in [3.63, 3.8) is 0 Å². The molecule has 2 aromatic carbocycles. The smallest absolute Gasteiger partial charge is 0.135 e. The zero-order valence-electron chi connectivity index (χ0n) is 19.8. The second-order valence-corrected chi connectivity index (χ2v) is 10.5. The van der Waals surface area contributed by atoms with E-state index in [1.165, 1.54) is 11.3 Å². The first-order valence-corrected chi connectivity index (χ1v) is 12.6. The second-order valence-electron chi connectivity index (χ2n) is 10.1. The Balaban J connectivity index is 1.03. The molecule has 2 N–H and O–H groups in total. The van der Waals surface area contributed by atoms with Crippen LogP contribution in [0.1, 0.15) is 17.5 Å². The number of rotatable bonds is 7. The number of benzene rings is 2. The minimum absolute atomic E-state index is 0.164. The Hall–Kier alpha value is -3.09. The molecule has 0 aliphatic carbocycles. The van der Waals surface area contributed by atoms with Crippen LogP contribution in [0.3, 0.4) is 0 Å². The number of anilines is 3. The summed E-state index contributed by atoms with van der Waals surface area (Å²) in [7, 11) is 0. The molecule has 2 aliphatic heterocycles. The fourth-order valence-corrected chi connectivity index (χ4v) is 5.96. The maximum Gasteiger partial charge on any atom is 0.135 e. The molecular weight excluding hydrogens is 461 g/mol. The summed E-state index contributed by atoms with van der Waals surface area (Å²) in [5, 5.41) is 5.20. The van der Waals surface area contributed by atoms with E-state index >= 15 is 0 Å². The van der Waals surface area contributed by atoms with Gasteiger partial charge in [-0.05, 0) is 68.3 Å². The molecule has 2 saturated heterocycles. The molecule has 2 aromatic heterocycles. The molecule has 2 fully saturated rings. The second kappa shape index (κ2) is 8.85. The van der Waals surface area contributed by atoms with Gasteiger partial charge in [-0.2, -0.15) is 0 Å². The van der Waals surface area contributed by atoms with E-state index in [0.29, 0.717) is 5.41 Å². The first-order chi connectivity index (χ1) is 17.0. The first-order valence-electron chi connectivity index (χ1n) is 12.2. The topological polar surface area (TPSA) is 47.2 Å². The number of nitrogens with zero attached hydrogens (tertiary/aromatic N) is 3. The van der Waals surface area contributed by atoms with Gasteiger partial charge >= 0.3 is 0 Å². The van der Waals surface area contributed by atoms with Crippen molar-refractivity contribution in [3.8, 4) is 0 Å². The fraction of sp³-hybridized carbons (Fsp3) is 0.321. The average molecular weight is 490 g/mol. The van der Waals surface area contributed by atoms with Crippen LogP contribution in [0.15, 0.2) is 60.9 Å². The van der Waals surface area contributed by atoms with Crippen molar-refractivity contribution in [1.82, 2.24) is 14.9 Å². The highest BCUT2D eigenvalue weighted by Gasteiger charge is 2.51. The number of aromatic nitrogens is 2. The minimum atomic E-state index is -0.164. The predicted molar refractivity (Wildman–Crippen MR) is 141 cm³/mol. The molecule has 0 atom stereocenters. The fourth-order valence-electron chi connectivity index (χ4n) is 5.68. The zero-order chi connectivity index (χ0) is 24.0. The van der Waals surface area contributed by atoms with Crippen LogP contribution < -0.4 is 10.2 Å². The minimum Gasteiger partial charge on any atom is -0.370 e. The number of pyridine rings is 1. The summed E-state index contributed by atoms with van der Waals surface area (Å²) in [5.41, 5.74) is 5.96. The van der Waals surface area contributed by atoms with Crippen molar-refractivity contribution >= 4 is 39.7 Å². The first kappa shape index (κ1) is 22.4. The van der Waals surface area contributed by atoms with Crippen LogP contribution in [0.2, 0.25) is 5.02 Å². The Bertz CT molecular complexity index is 1350. The number of nitrogens with one attached hydrogen (secondary N) is 2. The standard InChI is InChI=1S/C28H29ClFN5/c1-19-26(9-11-32-27(19)33-22-13-24(29)23-8-10-31-25(23)14-22)35-17-28(18-35)15-34(16-28)12-2-3-20-4-6-21(30)7-5-20/h4-11,13-14,31H,2-3,12,15-18H2,1H3,(H,32,33). The van der Waals surface area contributed by atoms with Crippen molar-refractivity contribution in [2.24, 2.45) is 5.41 Å². The summed E-state index contributed by atoms with van der Waals surface area (Å²) in [5.74, 6) is 0.698. The summed E-state index contributed by atoms with van der Waals surface area (Å²) in [6.07, 6.45) is 5.90. The SMILES string of the molecule is Cc1c(N2CC3(CN(CCCc4ccc(F)cc4)C3)C2)ccnc1Nc1cc(Cl)c2cc[nH]c2c1. The third-order valence-corrected chi connectivity index (χ3v) is 7.73. The molecule has 0 unspecified atom stereocenters. The van der Waals surface area contributed by atoms with Gasteiger partial charge in [-0.25, -0.2) is 9.37 Å². The molecular formula is C28H29ClFN5. The highest BCUT2D eigenvalue weighted by molar-refractivity contribution is 6.35. The van der Waals surface area contributed by atoms with Crippen LogP contribution in [0.5, 0.6) is 0 Å². The predicted octanol–water partition coefficient (Wildman–Crippen LogP) is 6.16. The monoisotopic (exact) mass is 489 g/mol. The third kappa shape index (κ3) is 4.37. The summed E-state index contributed by atoms with van der Waals surface area (Å²) < 4.78 is 13.1. The van der Waals surface area contributed by atoms with Crippen molar-refractivity contribution in [3.05, 3.63) is 82.9 Å². The number of hydrogen-bond acceptors (Lipinski definition) is 4. The Labute approximate surface area is 209 Å². The van der Waals surface area contributed by atoms with E-state index in [2.05, 4.69) is 44.1 Å². The molecule has 4 aromatic rings. The van der Waals surface area contributed by atoms with Crippen LogP contribution in [0.4, 0.5) is 21.6 Å². The average Bonchev–Trinajstić information content (AvgIpc) is 3.26. The molecule has 180 valence electrons. The quantitative estimate of drug-likeness (QED) is 0.326. The van der Waals surface area contributed by atoms with Crippen molar-refractivity contribution in [1.29, 1.82) is 0 Å². The molecule has 0 bridgehead atoms. The van der Waals surface area contributed by atoms with Gasteiger partial charge in [-0.3, -0.25) is 0 Å². The Morgan fingerprint density at radius 3 is 2.69 bits per heavy atom. The van der Waals surface area contributed by atoms with E-state index in [-0.39, 0.29) is 5.82 Å². The molecule has 0 radical (unpaired) electrons. The number of hydrogen-bond donors (Lipinski definition) is 2. The molecule has 0 saturated carbocycles. The maximum atomic E-state index is 13.1. The van der Waals surface area contributed by atoms with Crippen molar-refractivity contribution in [2.45, 2.75) is 19.8 Å². The number of aryl methyl sites for hydroxylation is 1. The Morgan fingerprint density at radius 1 is 1.09 bits per heavy atom. The van der Waals surface area contributed by atoms with Gasteiger partial charge in [0.15, 0.2) is 0 Å². The van der Waals surface area contributed by atoms with Crippen molar-refractivity contribution in [2.75, 3.05) is 42.9 Å². The third-order valence-electron chi connectivity index (χ3n) is 7.42. The van der Waals surface area contributed by atoms with E-state index in [1.54, 1.807) is 12.1 Å². The summed E-state index contributed by atoms with van der Waals surface area (Å²) in [4.78, 5) is 12.8.